The lowest BCUT2D eigenvalue weighted by atomic mass is 10.1. The zero-order chi connectivity index (χ0) is 12.4. The van der Waals surface area contributed by atoms with Crippen molar-refractivity contribution in [2.75, 3.05) is 0 Å². The molecule has 0 aliphatic carbocycles. The van der Waals surface area contributed by atoms with Crippen LogP contribution in [0.25, 0.3) is 11.4 Å². The lowest BCUT2D eigenvalue weighted by molar-refractivity contribution is 0.112. The maximum atomic E-state index is 11.5. The molecule has 0 N–H and O–H groups in total. The molecule has 0 bridgehead atoms. The molecule has 2 aromatic rings. The standard InChI is InChI=1S/C12H12N2O3/c1-8(2)14-11(13-17-12(14)16)10-5-3-9(7-15)4-6-10/h3-8H,1-2H3. The van der Waals surface area contributed by atoms with Gasteiger partial charge in [-0.3, -0.25) is 13.9 Å². The van der Waals surface area contributed by atoms with Crippen LogP contribution in [0, 0.1) is 0 Å². The van der Waals surface area contributed by atoms with Crippen LogP contribution in [0.4, 0.5) is 0 Å². The van der Waals surface area contributed by atoms with Gasteiger partial charge in [0.2, 0.25) is 0 Å². The number of aromatic nitrogens is 2. The Hall–Kier alpha value is -2.17. The second-order valence-electron chi connectivity index (χ2n) is 3.98. The first-order valence-corrected chi connectivity index (χ1v) is 5.27. The van der Waals surface area contributed by atoms with Gasteiger partial charge in [0, 0.05) is 17.2 Å². The van der Waals surface area contributed by atoms with Gasteiger partial charge in [0.1, 0.15) is 6.29 Å². The molecule has 2 rings (SSSR count). The first kappa shape index (κ1) is 11.3. The topological polar surface area (TPSA) is 65.1 Å². The number of carbonyl (C=O) groups is 1. The molecule has 88 valence electrons. The largest absolute Gasteiger partial charge is 0.442 e. The molecule has 0 saturated carbocycles. The van der Waals surface area contributed by atoms with Crippen molar-refractivity contribution >= 4 is 6.29 Å². The van der Waals surface area contributed by atoms with Gasteiger partial charge in [-0.1, -0.05) is 29.4 Å². The second kappa shape index (κ2) is 4.37. The molecule has 0 saturated heterocycles. The fraction of sp³-hybridized carbons (Fsp3) is 0.250. The smallest absolute Gasteiger partial charge is 0.298 e. The number of hydrogen-bond acceptors (Lipinski definition) is 4. The molecule has 1 aromatic heterocycles. The van der Waals surface area contributed by atoms with Crippen molar-refractivity contribution in [2.24, 2.45) is 0 Å². The summed E-state index contributed by atoms with van der Waals surface area (Å²) in [4.78, 5) is 22.0. The summed E-state index contributed by atoms with van der Waals surface area (Å²) < 4.78 is 6.12. The summed E-state index contributed by atoms with van der Waals surface area (Å²) in [6, 6.07) is 6.78. The van der Waals surface area contributed by atoms with Crippen LogP contribution in [0.5, 0.6) is 0 Å². The number of rotatable bonds is 3. The minimum Gasteiger partial charge on any atom is -0.298 e. The summed E-state index contributed by atoms with van der Waals surface area (Å²) in [5.74, 6) is -0.00286. The highest BCUT2D eigenvalue weighted by Crippen LogP contribution is 2.18. The Morgan fingerprint density at radius 2 is 1.94 bits per heavy atom. The van der Waals surface area contributed by atoms with E-state index < -0.39 is 5.76 Å². The highest BCUT2D eigenvalue weighted by Gasteiger charge is 2.14. The van der Waals surface area contributed by atoms with Gasteiger partial charge in [0.15, 0.2) is 5.82 Å². The Balaban J connectivity index is 2.52. The van der Waals surface area contributed by atoms with Gasteiger partial charge in [-0.15, -0.1) is 0 Å². The SMILES string of the molecule is CC(C)n1c(-c2ccc(C=O)cc2)noc1=O. The molecule has 5 heteroatoms. The molecular formula is C12H12N2O3. The van der Waals surface area contributed by atoms with Crippen LogP contribution < -0.4 is 5.76 Å². The Morgan fingerprint density at radius 1 is 1.29 bits per heavy atom. The van der Waals surface area contributed by atoms with Crippen molar-refractivity contribution in [3.8, 4) is 11.4 Å². The number of benzene rings is 1. The van der Waals surface area contributed by atoms with Crippen molar-refractivity contribution in [1.29, 1.82) is 0 Å². The summed E-state index contributed by atoms with van der Waals surface area (Å²) in [6.07, 6.45) is 0.766. The molecule has 0 atom stereocenters. The molecule has 0 radical (unpaired) electrons. The molecule has 1 aromatic carbocycles. The quantitative estimate of drug-likeness (QED) is 0.758. The Labute approximate surface area is 97.7 Å². The van der Waals surface area contributed by atoms with E-state index >= 15 is 0 Å². The van der Waals surface area contributed by atoms with E-state index in [1.165, 1.54) is 4.57 Å². The van der Waals surface area contributed by atoms with Crippen molar-refractivity contribution in [1.82, 2.24) is 9.72 Å². The average molecular weight is 232 g/mol. The van der Waals surface area contributed by atoms with Crippen LogP contribution in [0.3, 0.4) is 0 Å². The van der Waals surface area contributed by atoms with Crippen molar-refractivity contribution in [3.05, 3.63) is 40.4 Å². The van der Waals surface area contributed by atoms with E-state index in [2.05, 4.69) is 9.68 Å². The normalized spacial score (nSPS) is 10.8. The molecule has 0 unspecified atom stereocenters. The van der Waals surface area contributed by atoms with Gasteiger partial charge in [0.05, 0.1) is 0 Å². The third kappa shape index (κ3) is 2.04. The predicted molar refractivity (Wildman–Crippen MR) is 62.0 cm³/mol. The Morgan fingerprint density at radius 3 is 2.47 bits per heavy atom. The zero-order valence-corrected chi connectivity index (χ0v) is 9.58. The lowest BCUT2D eigenvalue weighted by Crippen LogP contribution is -2.17. The molecule has 0 fully saturated rings. The van der Waals surface area contributed by atoms with E-state index in [1.54, 1.807) is 24.3 Å². The highest BCUT2D eigenvalue weighted by atomic mass is 16.5. The summed E-state index contributed by atoms with van der Waals surface area (Å²) in [5, 5.41) is 3.75. The predicted octanol–water partition coefficient (Wildman–Crippen LogP) is 1.90. The average Bonchev–Trinajstić information content (AvgIpc) is 2.71. The summed E-state index contributed by atoms with van der Waals surface area (Å²) >= 11 is 0. The van der Waals surface area contributed by atoms with E-state index in [9.17, 15) is 9.59 Å². The van der Waals surface area contributed by atoms with Crippen LogP contribution in [0.2, 0.25) is 0 Å². The van der Waals surface area contributed by atoms with Gasteiger partial charge in [-0.2, -0.15) is 0 Å². The number of hydrogen-bond donors (Lipinski definition) is 0. The van der Waals surface area contributed by atoms with Gasteiger partial charge in [0.25, 0.3) is 0 Å². The number of nitrogens with zero attached hydrogens (tertiary/aromatic N) is 2. The van der Waals surface area contributed by atoms with Crippen LogP contribution in [0.1, 0.15) is 30.2 Å². The molecule has 0 aliphatic rings. The van der Waals surface area contributed by atoms with Gasteiger partial charge in [-0.25, -0.2) is 4.79 Å². The molecule has 5 nitrogen and oxygen atoms in total. The van der Waals surface area contributed by atoms with Crippen molar-refractivity contribution < 1.29 is 9.32 Å². The first-order valence-electron chi connectivity index (χ1n) is 5.27. The molecule has 1 heterocycles. The van der Waals surface area contributed by atoms with Crippen LogP contribution >= 0.6 is 0 Å². The monoisotopic (exact) mass is 232 g/mol. The number of carbonyl (C=O) groups excluding carboxylic acids is 1. The van der Waals surface area contributed by atoms with Crippen LogP contribution in [-0.4, -0.2) is 16.0 Å². The lowest BCUT2D eigenvalue weighted by Gasteiger charge is -2.07. The Kier molecular flexibility index (Phi) is 2.91. The van der Waals surface area contributed by atoms with E-state index in [-0.39, 0.29) is 6.04 Å². The Bertz CT molecular complexity index is 579. The summed E-state index contributed by atoms with van der Waals surface area (Å²) in [5.41, 5.74) is 1.32. The summed E-state index contributed by atoms with van der Waals surface area (Å²) in [6.45, 7) is 3.75. The second-order valence-corrected chi connectivity index (χ2v) is 3.98. The van der Waals surface area contributed by atoms with Crippen molar-refractivity contribution in [3.63, 3.8) is 0 Å². The van der Waals surface area contributed by atoms with Crippen LogP contribution in [0.15, 0.2) is 33.6 Å². The minimum atomic E-state index is -0.477. The third-order valence-corrected chi connectivity index (χ3v) is 2.46. The van der Waals surface area contributed by atoms with Gasteiger partial charge >= 0.3 is 5.76 Å². The maximum absolute atomic E-state index is 11.5. The molecular weight excluding hydrogens is 220 g/mol. The molecule has 17 heavy (non-hydrogen) atoms. The fourth-order valence-corrected chi connectivity index (χ4v) is 1.61. The molecule has 0 spiro atoms. The van der Waals surface area contributed by atoms with Crippen LogP contribution in [-0.2, 0) is 0 Å². The third-order valence-electron chi connectivity index (χ3n) is 2.46. The fourth-order valence-electron chi connectivity index (χ4n) is 1.61. The maximum Gasteiger partial charge on any atom is 0.442 e. The van der Waals surface area contributed by atoms with E-state index in [4.69, 9.17) is 0 Å². The van der Waals surface area contributed by atoms with E-state index in [1.807, 2.05) is 13.8 Å². The van der Waals surface area contributed by atoms with E-state index in [0.717, 1.165) is 11.8 Å². The first-order chi connectivity index (χ1) is 8.13. The number of aldehydes is 1. The van der Waals surface area contributed by atoms with Crippen molar-refractivity contribution in [2.45, 2.75) is 19.9 Å². The summed E-state index contributed by atoms with van der Waals surface area (Å²) in [7, 11) is 0. The zero-order valence-electron chi connectivity index (χ0n) is 9.58. The molecule has 0 aliphatic heterocycles. The van der Waals surface area contributed by atoms with Gasteiger partial charge in [-0.05, 0) is 13.8 Å². The van der Waals surface area contributed by atoms with Gasteiger partial charge < -0.3 is 0 Å². The minimum absolute atomic E-state index is 0.0329. The highest BCUT2D eigenvalue weighted by molar-refractivity contribution is 5.76. The van der Waals surface area contributed by atoms with E-state index in [0.29, 0.717) is 11.4 Å². The molecule has 0 amide bonds.